The molecular weight excluding hydrogens is 474 g/mol. The standard InChI is InChI=1S/C26H23F4N5O/c27-20-8-5-17(6-9-20)19-7-11-23(31)24(15-19)32-25(36)12-10-21-16-35(34-33-21)14-13-18-3-1-2-4-22(18)26(28,29)30/h1-9,11,15-16H,10,12-14,31H2,(H,32,36). The summed E-state index contributed by atoms with van der Waals surface area (Å²) in [5.41, 5.74) is 8.44. The lowest BCUT2D eigenvalue weighted by atomic mass is 10.0. The Morgan fingerprint density at radius 1 is 0.972 bits per heavy atom. The van der Waals surface area contributed by atoms with Crippen LogP contribution in [0.4, 0.5) is 28.9 Å². The number of alkyl halides is 3. The SMILES string of the molecule is Nc1ccc(-c2ccc(F)cc2)cc1NC(=O)CCc1cn(CCc2ccccc2C(F)(F)F)nn1. The summed E-state index contributed by atoms with van der Waals surface area (Å²) in [6.07, 6.45) is -2.26. The third-order valence-corrected chi connectivity index (χ3v) is 5.63. The number of hydrogen-bond donors (Lipinski definition) is 2. The Bertz CT molecular complexity index is 1350. The zero-order valence-corrected chi connectivity index (χ0v) is 19.1. The number of carbonyl (C=O) groups excluding carboxylic acids is 1. The number of anilines is 2. The number of aromatic nitrogens is 3. The third-order valence-electron chi connectivity index (χ3n) is 5.63. The van der Waals surface area contributed by atoms with E-state index in [0.29, 0.717) is 23.5 Å². The first-order valence-corrected chi connectivity index (χ1v) is 11.2. The van der Waals surface area contributed by atoms with Gasteiger partial charge in [-0.2, -0.15) is 13.2 Å². The summed E-state index contributed by atoms with van der Waals surface area (Å²) in [5, 5.41) is 10.7. The van der Waals surface area contributed by atoms with E-state index in [0.717, 1.165) is 17.2 Å². The second-order valence-corrected chi connectivity index (χ2v) is 8.23. The van der Waals surface area contributed by atoms with Crippen molar-refractivity contribution in [2.24, 2.45) is 0 Å². The second kappa shape index (κ2) is 10.6. The lowest BCUT2D eigenvalue weighted by molar-refractivity contribution is -0.138. The predicted octanol–water partition coefficient (Wildman–Crippen LogP) is 5.50. The lowest BCUT2D eigenvalue weighted by Crippen LogP contribution is -2.13. The molecule has 3 N–H and O–H groups in total. The molecule has 0 saturated carbocycles. The third kappa shape index (κ3) is 6.26. The highest BCUT2D eigenvalue weighted by Crippen LogP contribution is 2.32. The Hall–Kier alpha value is -4.21. The molecule has 186 valence electrons. The fraction of sp³-hybridized carbons (Fsp3) is 0.192. The van der Waals surface area contributed by atoms with Crippen LogP contribution in [0.25, 0.3) is 11.1 Å². The van der Waals surface area contributed by atoms with Gasteiger partial charge in [-0.05, 0) is 53.4 Å². The second-order valence-electron chi connectivity index (χ2n) is 8.23. The minimum absolute atomic E-state index is 0.107. The molecule has 0 aliphatic carbocycles. The monoisotopic (exact) mass is 497 g/mol. The number of amides is 1. The Labute approximate surface area is 204 Å². The van der Waals surface area contributed by atoms with Crippen LogP contribution in [-0.4, -0.2) is 20.9 Å². The van der Waals surface area contributed by atoms with Crippen LogP contribution in [-0.2, 0) is 30.4 Å². The number of benzene rings is 3. The van der Waals surface area contributed by atoms with Crippen LogP contribution < -0.4 is 11.1 Å². The van der Waals surface area contributed by atoms with E-state index in [9.17, 15) is 22.4 Å². The molecule has 10 heteroatoms. The van der Waals surface area contributed by atoms with Crippen molar-refractivity contribution in [2.75, 3.05) is 11.1 Å². The minimum Gasteiger partial charge on any atom is -0.397 e. The molecule has 1 heterocycles. The molecule has 36 heavy (non-hydrogen) atoms. The molecule has 0 atom stereocenters. The highest BCUT2D eigenvalue weighted by atomic mass is 19.4. The molecule has 0 radical (unpaired) electrons. The average Bonchev–Trinajstić information content (AvgIpc) is 3.31. The molecule has 1 aromatic heterocycles. The maximum absolute atomic E-state index is 13.2. The summed E-state index contributed by atoms with van der Waals surface area (Å²) in [4.78, 5) is 12.5. The van der Waals surface area contributed by atoms with Crippen LogP contribution in [0.5, 0.6) is 0 Å². The summed E-state index contributed by atoms with van der Waals surface area (Å²) in [7, 11) is 0. The highest BCUT2D eigenvalue weighted by molar-refractivity contribution is 5.95. The fourth-order valence-electron chi connectivity index (χ4n) is 3.75. The molecule has 0 aliphatic heterocycles. The van der Waals surface area contributed by atoms with Crippen molar-refractivity contribution < 1.29 is 22.4 Å². The van der Waals surface area contributed by atoms with Crippen molar-refractivity contribution in [1.82, 2.24) is 15.0 Å². The van der Waals surface area contributed by atoms with E-state index in [1.54, 1.807) is 42.6 Å². The molecule has 0 saturated heterocycles. The van der Waals surface area contributed by atoms with Gasteiger partial charge in [0.05, 0.1) is 22.6 Å². The van der Waals surface area contributed by atoms with Gasteiger partial charge in [0, 0.05) is 25.6 Å². The molecule has 0 aliphatic rings. The van der Waals surface area contributed by atoms with Crippen molar-refractivity contribution in [1.29, 1.82) is 0 Å². The lowest BCUT2D eigenvalue weighted by Gasteiger charge is -2.12. The van der Waals surface area contributed by atoms with Crippen LogP contribution in [0.3, 0.4) is 0 Å². The van der Waals surface area contributed by atoms with E-state index in [1.807, 2.05) is 0 Å². The van der Waals surface area contributed by atoms with Crippen LogP contribution in [0, 0.1) is 5.82 Å². The Balaban J connectivity index is 1.33. The van der Waals surface area contributed by atoms with Gasteiger partial charge in [-0.1, -0.05) is 41.6 Å². The molecule has 4 rings (SSSR count). The molecule has 3 aromatic carbocycles. The molecular formula is C26H23F4N5O. The smallest absolute Gasteiger partial charge is 0.397 e. The van der Waals surface area contributed by atoms with E-state index >= 15 is 0 Å². The summed E-state index contributed by atoms with van der Waals surface area (Å²) < 4.78 is 54.2. The van der Waals surface area contributed by atoms with E-state index in [1.165, 1.54) is 28.9 Å². The number of aryl methyl sites for hydroxylation is 3. The van der Waals surface area contributed by atoms with Crippen LogP contribution >= 0.6 is 0 Å². The first-order valence-electron chi connectivity index (χ1n) is 11.2. The van der Waals surface area contributed by atoms with Crippen molar-refractivity contribution in [3.05, 3.63) is 95.6 Å². The van der Waals surface area contributed by atoms with Crippen molar-refractivity contribution >= 4 is 17.3 Å². The van der Waals surface area contributed by atoms with Gasteiger partial charge in [0.25, 0.3) is 0 Å². The zero-order chi connectivity index (χ0) is 25.7. The quantitative estimate of drug-likeness (QED) is 0.249. The number of halogens is 4. The van der Waals surface area contributed by atoms with E-state index in [2.05, 4.69) is 15.6 Å². The topological polar surface area (TPSA) is 85.8 Å². The van der Waals surface area contributed by atoms with Gasteiger partial charge in [0.15, 0.2) is 0 Å². The number of nitrogens with zero attached hydrogens (tertiary/aromatic N) is 3. The molecule has 1 amide bonds. The van der Waals surface area contributed by atoms with Crippen molar-refractivity contribution in [3.63, 3.8) is 0 Å². The maximum Gasteiger partial charge on any atom is 0.416 e. The first-order chi connectivity index (χ1) is 17.2. The normalized spacial score (nSPS) is 11.4. The zero-order valence-electron chi connectivity index (χ0n) is 19.1. The number of rotatable bonds is 8. The van der Waals surface area contributed by atoms with Crippen LogP contribution in [0.2, 0.25) is 0 Å². The van der Waals surface area contributed by atoms with Crippen molar-refractivity contribution in [3.8, 4) is 11.1 Å². The summed E-state index contributed by atoms with van der Waals surface area (Å²) in [6.45, 7) is 0.221. The number of nitrogen functional groups attached to an aromatic ring is 1. The van der Waals surface area contributed by atoms with Gasteiger partial charge in [-0.25, -0.2) is 4.39 Å². The molecule has 6 nitrogen and oxygen atoms in total. The summed E-state index contributed by atoms with van der Waals surface area (Å²) in [6, 6.07) is 16.6. The molecule has 0 spiro atoms. The Kier molecular flexibility index (Phi) is 7.33. The number of hydrogen-bond acceptors (Lipinski definition) is 4. The van der Waals surface area contributed by atoms with Gasteiger partial charge in [0.1, 0.15) is 5.82 Å². The number of nitrogens with two attached hydrogens (primary N) is 1. The van der Waals surface area contributed by atoms with E-state index in [-0.39, 0.29) is 36.7 Å². The first kappa shape index (κ1) is 24.9. The van der Waals surface area contributed by atoms with E-state index < -0.39 is 11.7 Å². The van der Waals surface area contributed by atoms with Crippen LogP contribution in [0.1, 0.15) is 23.2 Å². The summed E-state index contributed by atoms with van der Waals surface area (Å²) >= 11 is 0. The average molecular weight is 497 g/mol. The molecule has 0 bridgehead atoms. The summed E-state index contributed by atoms with van der Waals surface area (Å²) in [5.74, 6) is -0.627. The Morgan fingerprint density at radius 2 is 1.69 bits per heavy atom. The molecule has 0 fully saturated rings. The number of nitrogens with one attached hydrogen (secondary N) is 1. The molecule has 0 unspecified atom stereocenters. The van der Waals surface area contributed by atoms with Gasteiger partial charge in [-0.15, -0.1) is 5.10 Å². The fourth-order valence-corrected chi connectivity index (χ4v) is 3.75. The highest BCUT2D eigenvalue weighted by Gasteiger charge is 2.32. The van der Waals surface area contributed by atoms with Gasteiger partial charge < -0.3 is 11.1 Å². The largest absolute Gasteiger partial charge is 0.416 e. The van der Waals surface area contributed by atoms with Crippen molar-refractivity contribution in [2.45, 2.75) is 32.0 Å². The maximum atomic E-state index is 13.2. The molecule has 4 aromatic rings. The van der Waals surface area contributed by atoms with Gasteiger partial charge >= 0.3 is 6.18 Å². The predicted molar refractivity (Wildman–Crippen MR) is 128 cm³/mol. The van der Waals surface area contributed by atoms with E-state index in [4.69, 9.17) is 5.73 Å². The van der Waals surface area contributed by atoms with Crippen LogP contribution in [0.15, 0.2) is 72.9 Å². The van der Waals surface area contributed by atoms with Gasteiger partial charge in [-0.3, -0.25) is 9.48 Å². The number of carbonyl (C=O) groups is 1. The van der Waals surface area contributed by atoms with Gasteiger partial charge in [0.2, 0.25) is 5.91 Å². The Morgan fingerprint density at radius 3 is 2.44 bits per heavy atom. The minimum atomic E-state index is -4.42.